The lowest BCUT2D eigenvalue weighted by Crippen LogP contribution is -2.61. The van der Waals surface area contributed by atoms with E-state index in [0.717, 1.165) is 217 Å². The molecule has 0 spiro atoms. The summed E-state index contributed by atoms with van der Waals surface area (Å²) in [6.45, 7) is -0.872. The van der Waals surface area contributed by atoms with E-state index in [2.05, 4.69) is 516 Å². The van der Waals surface area contributed by atoms with Crippen LogP contribution < -0.4 is 84.5 Å². The van der Waals surface area contributed by atoms with Gasteiger partial charge < -0.3 is 37.2 Å². The molecule has 666 valence electrons. The summed E-state index contributed by atoms with van der Waals surface area (Å²) >= 11 is 0. The second-order valence-corrected chi connectivity index (χ2v) is 38.5. The van der Waals surface area contributed by atoms with Crippen molar-refractivity contribution < 1.29 is 18.9 Å². The first-order valence-corrected chi connectivity index (χ1v) is 49.7. The van der Waals surface area contributed by atoms with Crippen LogP contribution in [0.1, 0.15) is 0 Å². The molecule has 8 heterocycles. The zero-order valence-corrected chi connectivity index (χ0v) is 78.1. The van der Waals surface area contributed by atoms with Gasteiger partial charge in [-0.05, 0) is 210 Å². The van der Waals surface area contributed by atoms with Crippen LogP contribution >= 0.6 is 0 Å². The molecule has 12 heteroatoms. The smallest absolute Gasteiger partial charge is 0.256 e. The number of hydrogen-bond acceptors (Lipinski definition) is 4. The minimum absolute atomic E-state index is 0.198. The third-order valence-electron chi connectivity index (χ3n) is 30.9. The average Bonchev–Trinajstić information content (AvgIpc) is 1.60. The van der Waals surface area contributed by atoms with E-state index in [0.29, 0.717) is 0 Å². The molecular weight excluding hydrogens is 1750 g/mol. The number of rotatable bonds is 13. The fourth-order valence-electron chi connectivity index (χ4n) is 24.7. The molecule has 0 bridgehead atoms. The molecule has 8 nitrogen and oxygen atoms in total. The van der Waals surface area contributed by atoms with Gasteiger partial charge in [-0.1, -0.05) is 392 Å². The van der Waals surface area contributed by atoms with Gasteiger partial charge in [0, 0.05) is 82.8 Å². The molecule has 4 aliphatic heterocycles. The Morgan fingerprint density at radius 3 is 1.06 bits per heavy atom. The lowest BCUT2D eigenvalue weighted by molar-refractivity contribution is 0.468. The molecule has 0 unspecified atom stereocenters. The Morgan fingerprint density at radius 1 is 0.153 bits per heavy atom. The number of benzene rings is 22. The summed E-state index contributed by atoms with van der Waals surface area (Å²) in [5.41, 5.74) is 37.9. The third-order valence-corrected chi connectivity index (χ3v) is 30.9. The summed E-state index contributed by atoms with van der Waals surface area (Å²) < 4.78 is 39.2. The molecular formula is C132H82B4N4O4. The predicted octanol–water partition coefficient (Wildman–Crippen LogP) is 24.9. The third kappa shape index (κ3) is 12.6. The second kappa shape index (κ2) is 32.6. The molecule has 144 heavy (non-hydrogen) atoms. The number of fused-ring (bicyclic) bond motifs is 23. The van der Waals surface area contributed by atoms with Crippen LogP contribution in [0.2, 0.25) is 0 Å². The van der Waals surface area contributed by atoms with Crippen molar-refractivity contribution in [2.45, 2.75) is 0 Å². The first-order chi connectivity index (χ1) is 71.5. The Morgan fingerprint density at radius 2 is 0.493 bits per heavy atom. The van der Waals surface area contributed by atoms with Crippen LogP contribution in [0.25, 0.3) is 166 Å². The molecule has 0 amide bonds. The van der Waals surface area contributed by atoms with Gasteiger partial charge in [0.15, 0.2) is 0 Å². The van der Waals surface area contributed by atoms with Gasteiger partial charge in [0.1, 0.15) is 46.0 Å². The Bertz CT molecular complexity index is 9840. The molecule has 30 rings (SSSR count). The summed E-state index contributed by atoms with van der Waals surface area (Å²) in [5.74, 6) is 6.53. The number of para-hydroxylation sites is 6. The fraction of sp³-hybridized carbons (Fsp3) is 0. The molecule has 4 aromatic heterocycles. The van der Waals surface area contributed by atoms with E-state index in [1.807, 2.05) is 0 Å². The fourth-order valence-corrected chi connectivity index (χ4v) is 24.7. The quantitative estimate of drug-likeness (QED) is 0.108. The van der Waals surface area contributed by atoms with Gasteiger partial charge in [-0.25, -0.2) is 0 Å². The van der Waals surface area contributed by atoms with Crippen LogP contribution in [0.3, 0.4) is 0 Å². The maximum absolute atomic E-state index is 7.83. The Hall–Kier alpha value is -18.5. The number of ether oxygens (including phenoxy) is 4. The van der Waals surface area contributed by atoms with Crippen molar-refractivity contribution in [1.82, 2.24) is 18.3 Å². The van der Waals surface area contributed by atoms with Crippen LogP contribution in [-0.4, -0.2) is 45.1 Å². The molecule has 0 saturated heterocycles. The van der Waals surface area contributed by atoms with Crippen LogP contribution in [0, 0.1) is 0 Å². The normalized spacial score (nSPS) is 12.8. The topological polar surface area (TPSA) is 56.6 Å². The highest BCUT2D eigenvalue weighted by atomic mass is 16.5. The monoisotopic (exact) mass is 1830 g/mol. The standard InChI is InChI=1S/C132H82B4N4O4/c1-5-32-83(33-6-1)84-60-64-91(65-61-84)137-117-74-75-118-127(101-47-18-27-56-115(101)139(118)92-41-31-40-90(80-92)133-107-51-22-30-59-123(107)143-131-111(133)71-76-124-129(131)135(108-52-23-28-57-121(108)141-124)105-49-20-14-43-96(105)86-36-9-3-10-37-86)128(117)102-69-63-89(79-120(102)137)88-62-68-100-98-45-16-25-54-113(98)140(119(100)78-88)93-67-73-116-103(81-93)99-46-17-26-55-114(99)138(116)94-66-70-110-126(82-94)144-132-112(134(110)104-48-19-13-42-95(104)85-34-7-2-8-35-85)72-77-125-130(132)136(109-53-24-29-58-122(109)142-125)106-50-21-15-44-97(106)87-38-11-4-12-39-87/h1-82H. The van der Waals surface area contributed by atoms with E-state index in [4.69, 9.17) is 18.9 Å². The van der Waals surface area contributed by atoms with Crippen molar-refractivity contribution in [3.8, 4) is 124 Å². The predicted molar refractivity (Wildman–Crippen MR) is 601 cm³/mol. The number of hydrogen-bond donors (Lipinski definition) is 0. The number of aromatic nitrogens is 4. The van der Waals surface area contributed by atoms with Gasteiger partial charge in [-0.3, -0.25) is 0 Å². The van der Waals surface area contributed by atoms with E-state index in [-0.39, 0.29) is 26.9 Å². The van der Waals surface area contributed by atoms with Crippen molar-refractivity contribution >= 4 is 180 Å². The first-order valence-electron chi connectivity index (χ1n) is 49.7. The van der Waals surface area contributed by atoms with Crippen molar-refractivity contribution in [3.63, 3.8) is 0 Å². The van der Waals surface area contributed by atoms with E-state index >= 15 is 0 Å². The zero-order chi connectivity index (χ0) is 94.3. The lowest BCUT2D eigenvalue weighted by Gasteiger charge is -2.35. The Kier molecular flexibility index (Phi) is 18.4. The summed E-state index contributed by atoms with van der Waals surface area (Å²) in [6.07, 6.45) is 0. The van der Waals surface area contributed by atoms with Crippen molar-refractivity contribution in [2.24, 2.45) is 0 Å². The Balaban J connectivity index is 0.555. The Labute approximate surface area is 832 Å². The van der Waals surface area contributed by atoms with Gasteiger partial charge in [0.2, 0.25) is 0 Å². The maximum atomic E-state index is 7.83. The molecule has 0 N–H and O–H groups in total. The minimum atomic E-state index is -0.245. The summed E-state index contributed by atoms with van der Waals surface area (Å²) in [7, 11) is 0. The van der Waals surface area contributed by atoms with Gasteiger partial charge in [-0.15, -0.1) is 0 Å². The van der Waals surface area contributed by atoms with Crippen molar-refractivity contribution in [1.29, 1.82) is 0 Å². The second-order valence-electron chi connectivity index (χ2n) is 38.5. The highest BCUT2D eigenvalue weighted by molar-refractivity contribution is 7.02. The first kappa shape index (κ1) is 81.5. The average molecular weight is 1830 g/mol. The molecule has 0 saturated carbocycles. The molecule has 0 radical (unpaired) electrons. The highest BCUT2D eigenvalue weighted by Gasteiger charge is 2.46. The van der Waals surface area contributed by atoms with E-state index in [9.17, 15) is 0 Å². The van der Waals surface area contributed by atoms with Crippen LogP contribution in [0.15, 0.2) is 497 Å². The molecule has 0 aliphatic carbocycles. The molecule has 26 aromatic rings. The van der Waals surface area contributed by atoms with E-state index in [1.54, 1.807) is 0 Å². The van der Waals surface area contributed by atoms with Crippen LogP contribution in [0.5, 0.6) is 46.0 Å². The summed E-state index contributed by atoms with van der Waals surface area (Å²) in [4.78, 5) is 0. The van der Waals surface area contributed by atoms with Gasteiger partial charge in [0.25, 0.3) is 26.9 Å². The molecule has 4 aliphatic rings. The summed E-state index contributed by atoms with van der Waals surface area (Å²) in [5, 5.41) is 9.38. The van der Waals surface area contributed by atoms with Crippen molar-refractivity contribution in [3.05, 3.63) is 497 Å². The van der Waals surface area contributed by atoms with Crippen LogP contribution in [-0.2, 0) is 0 Å². The largest absolute Gasteiger partial charge is 0.459 e. The molecule has 22 aromatic carbocycles. The van der Waals surface area contributed by atoms with Gasteiger partial charge >= 0.3 is 0 Å². The van der Waals surface area contributed by atoms with E-state index < -0.39 is 0 Å². The lowest BCUT2D eigenvalue weighted by atomic mass is 9.31. The molecule has 0 atom stereocenters. The molecule has 0 fully saturated rings. The minimum Gasteiger partial charge on any atom is -0.459 e. The highest BCUT2D eigenvalue weighted by Crippen LogP contribution is 2.48. The SMILES string of the molecule is c1ccc(-c2ccc(-n3c4cc(-c5ccc6c7ccccc7n(-c7ccc8c(c7)c7ccccc7n8-c7ccc8c(c7)Oc7c(ccc9c7B(c7ccccc7-c7ccccc7)c7ccccc7O9)B8c7ccccc7-c7ccccc7)c6c5)ccc4c4c5c6ccccc6n(-c6cccc(B7c8ccccc8Oc8c7ccc7c8B(c8ccccc8-c8ccccc8)c8ccccc8O7)c6)c5ccc43)cc2)cc1. The van der Waals surface area contributed by atoms with Gasteiger partial charge in [-0.2, -0.15) is 0 Å². The van der Waals surface area contributed by atoms with Crippen molar-refractivity contribution in [2.75, 3.05) is 0 Å². The maximum Gasteiger partial charge on any atom is 0.256 e. The van der Waals surface area contributed by atoms with Crippen LogP contribution in [0.4, 0.5) is 0 Å². The number of nitrogens with zero attached hydrogens (tertiary/aromatic N) is 4. The van der Waals surface area contributed by atoms with Gasteiger partial charge in [0.05, 0.1) is 44.1 Å². The van der Waals surface area contributed by atoms with E-state index in [1.165, 1.54) is 60.0 Å². The zero-order valence-electron chi connectivity index (χ0n) is 78.1. The summed E-state index contributed by atoms with van der Waals surface area (Å²) in [6, 6.07) is 183.